The Balaban J connectivity index is 1.44. The second kappa shape index (κ2) is 12.6. The van der Waals surface area contributed by atoms with E-state index in [0.29, 0.717) is 9.79 Å². The minimum absolute atomic E-state index is 0.146. The van der Waals surface area contributed by atoms with Gasteiger partial charge in [0.15, 0.2) is 0 Å². The van der Waals surface area contributed by atoms with Crippen LogP contribution in [0.4, 0.5) is 21.0 Å². The fraction of sp³-hybridized carbons (Fsp3) is 0.133. The normalized spacial score (nSPS) is 21.6. The smallest absolute Gasteiger partial charge is 0.321 e. The molecule has 0 saturated carbocycles. The number of nitrogens with zero attached hydrogens (tertiary/aromatic N) is 2. The van der Waals surface area contributed by atoms with E-state index in [1.54, 1.807) is 36.4 Å². The number of rotatable bonds is 6. The summed E-state index contributed by atoms with van der Waals surface area (Å²) in [5.41, 5.74) is 0.337. The zero-order valence-corrected chi connectivity index (χ0v) is 21.6. The molecule has 1 aliphatic rings. The highest BCUT2D eigenvalue weighted by Gasteiger charge is 2.25. The number of amides is 4. The minimum Gasteiger partial charge on any atom is -0.321 e. The number of anilines is 2. The summed E-state index contributed by atoms with van der Waals surface area (Å²) in [7, 11) is 0. The number of urea groups is 2. The van der Waals surface area contributed by atoms with Crippen molar-refractivity contribution in [3.8, 4) is 0 Å². The van der Waals surface area contributed by atoms with Crippen molar-refractivity contribution in [2.75, 3.05) is 36.6 Å². The second-order valence-corrected chi connectivity index (χ2v) is 10.0. The van der Waals surface area contributed by atoms with Crippen LogP contribution in [0.2, 0.25) is 0 Å². The van der Waals surface area contributed by atoms with Gasteiger partial charge in [0.1, 0.15) is 0 Å². The fourth-order valence-electron chi connectivity index (χ4n) is 3.35. The molecule has 4 aromatic carbocycles. The quantitative estimate of drug-likeness (QED) is 0.264. The average Bonchev–Trinajstić information content (AvgIpc) is 2.99. The lowest BCUT2D eigenvalue weighted by atomic mass is 10.3. The third-order valence-electron chi connectivity index (χ3n) is 5.15. The van der Waals surface area contributed by atoms with E-state index in [9.17, 15) is 9.59 Å². The summed E-state index contributed by atoms with van der Waals surface area (Å²) < 4.78 is 69.3. The maximum atomic E-state index is 13.6. The molecule has 0 spiro atoms. The van der Waals surface area contributed by atoms with Crippen molar-refractivity contribution in [2.45, 2.75) is 19.6 Å². The maximum absolute atomic E-state index is 13.6. The Morgan fingerprint density at radius 2 is 0.895 bits per heavy atom. The zero-order chi connectivity index (χ0) is 33.3. The first-order chi connectivity index (χ1) is 21.7. The van der Waals surface area contributed by atoms with E-state index in [1.807, 2.05) is 60.7 Å². The third-order valence-corrected chi connectivity index (χ3v) is 7.32. The molecule has 1 saturated heterocycles. The Hall–Kier alpha value is -3.88. The van der Waals surface area contributed by atoms with Crippen LogP contribution in [0, 0.1) is 0 Å². The molecule has 0 bridgehead atoms. The molecule has 8 heteroatoms. The Labute approximate surface area is 242 Å². The lowest BCUT2D eigenvalue weighted by Gasteiger charge is -2.34. The predicted molar refractivity (Wildman–Crippen MR) is 155 cm³/mol. The zero-order valence-electron chi connectivity index (χ0n) is 27.9. The number of carbonyl (C=O) groups is 2. The van der Waals surface area contributed by atoms with Gasteiger partial charge in [0, 0.05) is 45.6 Å². The monoisotopic (exact) mass is 548 g/mol. The molecule has 0 unspecified atom stereocenters. The Morgan fingerprint density at radius 1 is 0.553 bits per heavy atom. The number of hydrogen-bond acceptors (Lipinski definition) is 4. The van der Waals surface area contributed by atoms with Crippen LogP contribution in [0.3, 0.4) is 0 Å². The van der Waals surface area contributed by atoms with E-state index in [1.165, 1.54) is 35.7 Å². The summed E-state index contributed by atoms with van der Waals surface area (Å²) in [5, 5.41) is 4.87. The highest BCUT2D eigenvalue weighted by molar-refractivity contribution is 7.99. The van der Waals surface area contributed by atoms with Crippen LogP contribution in [-0.4, -0.2) is 47.8 Å². The van der Waals surface area contributed by atoms with Crippen LogP contribution in [-0.2, 0) is 0 Å². The molecule has 1 fully saturated rings. The summed E-state index contributed by atoms with van der Waals surface area (Å²) >= 11 is 2.55. The first-order valence-electron chi connectivity index (χ1n) is 15.5. The Morgan fingerprint density at radius 3 is 1.29 bits per heavy atom. The van der Waals surface area contributed by atoms with Crippen LogP contribution in [0.1, 0.15) is 11.0 Å². The molecule has 4 amide bonds. The second-order valence-electron chi connectivity index (χ2n) is 7.80. The van der Waals surface area contributed by atoms with E-state index in [2.05, 4.69) is 10.6 Å². The van der Waals surface area contributed by atoms with Gasteiger partial charge in [-0.15, -0.1) is 0 Å². The summed E-state index contributed by atoms with van der Waals surface area (Å²) in [5.74, 6) is 0. The predicted octanol–water partition coefficient (Wildman–Crippen LogP) is 7.37. The molecule has 5 rings (SSSR count). The van der Waals surface area contributed by atoms with E-state index in [0.717, 1.165) is 9.79 Å². The number of piperazine rings is 1. The van der Waals surface area contributed by atoms with Crippen molar-refractivity contribution in [1.82, 2.24) is 9.80 Å². The average molecular weight is 549 g/mol. The Kier molecular flexibility index (Phi) is 5.82. The molecule has 192 valence electrons. The van der Waals surface area contributed by atoms with Crippen molar-refractivity contribution in [3.05, 3.63) is 109 Å². The van der Waals surface area contributed by atoms with Gasteiger partial charge in [-0.25, -0.2) is 9.59 Å². The summed E-state index contributed by atoms with van der Waals surface area (Å²) in [6, 6.07) is 28.5. The minimum atomic E-state index is -3.55. The molecular weight excluding hydrogens is 512 g/mol. The third kappa shape index (κ3) is 6.70. The molecule has 6 nitrogen and oxygen atoms in total. The molecule has 4 aromatic rings. The molecule has 0 atom stereocenters. The fourth-order valence-corrected chi connectivity index (χ4v) is 5.20. The lowest BCUT2D eigenvalue weighted by molar-refractivity contribution is 0.156. The Bertz CT molecular complexity index is 1580. The van der Waals surface area contributed by atoms with Crippen molar-refractivity contribution >= 4 is 47.0 Å². The molecule has 0 radical (unpaired) electrons. The molecule has 38 heavy (non-hydrogen) atoms. The molecule has 0 aliphatic carbocycles. The molecule has 2 N–H and O–H groups in total. The lowest BCUT2D eigenvalue weighted by Crippen LogP contribution is -2.52. The van der Waals surface area contributed by atoms with Gasteiger partial charge in [-0.1, -0.05) is 84.2 Å². The van der Waals surface area contributed by atoms with E-state index in [-0.39, 0.29) is 21.2 Å². The van der Waals surface area contributed by atoms with Gasteiger partial charge in [0.25, 0.3) is 0 Å². The van der Waals surface area contributed by atoms with E-state index in [4.69, 9.17) is 11.0 Å². The van der Waals surface area contributed by atoms with Gasteiger partial charge in [-0.2, -0.15) is 0 Å². The topological polar surface area (TPSA) is 64.7 Å². The van der Waals surface area contributed by atoms with Gasteiger partial charge in [-0.05, 0) is 48.5 Å². The van der Waals surface area contributed by atoms with Crippen molar-refractivity contribution in [2.24, 2.45) is 0 Å². The number of hydrogen-bond donors (Lipinski definition) is 2. The van der Waals surface area contributed by atoms with Crippen LogP contribution in [0.25, 0.3) is 0 Å². The highest BCUT2D eigenvalue weighted by Crippen LogP contribution is 2.34. The highest BCUT2D eigenvalue weighted by atomic mass is 32.2. The number of nitrogens with one attached hydrogen (secondary N) is 2. The van der Waals surface area contributed by atoms with Crippen molar-refractivity contribution in [3.63, 3.8) is 0 Å². The molecule has 1 aliphatic heterocycles. The number of benzene rings is 4. The summed E-state index contributed by atoms with van der Waals surface area (Å²) in [6.45, 7) is -14.2. The van der Waals surface area contributed by atoms with Crippen LogP contribution in [0.15, 0.2) is 129 Å². The van der Waals surface area contributed by atoms with Crippen LogP contribution < -0.4 is 10.6 Å². The van der Waals surface area contributed by atoms with Crippen LogP contribution in [0.5, 0.6) is 0 Å². The molecular formula is C30H28N4O2S2. The first-order valence-corrected chi connectivity index (χ1v) is 13.2. The van der Waals surface area contributed by atoms with E-state index >= 15 is 0 Å². The number of para-hydroxylation sites is 2. The standard InChI is InChI=1S/C30H28N4O2S2/c35-29(31-25-15-7-9-17-27(25)37-23-11-3-1-4-12-23)33-19-21-34(22-20-33)30(36)32-26-16-8-10-18-28(26)38-24-13-5-2-6-14-24/h1-18H,19-22H2,(H,31,35)(H,32,36)/i19D2,20D2,21D2,22D2. The van der Waals surface area contributed by atoms with E-state index < -0.39 is 38.0 Å². The molecule has 0 aromatic heterocycles. The van der Waals surface area contributed by atoms with Crippen molar-refractivity contribution < 1.29 is 20.6 Å². The van der Waals surface area contributed by atoms with Gasteiger partial charge in [0.05, 0.1) is 22.3 Å². The summed E-state index contributed by atoms with van der Waals surface area (Å²) in [6.07, 6.45) is 0. The SMILES string of the molecule is [2H]C1([2H])N(C(=O)Nc2ccccc2Sc2ccccc2)C([2H])([2H])C([2H])([2H])N(C(=O)Nc2ccccc2Sc2ccccc2)C1([2H])[2H]. The summed E-state index contributed by atoms with van der Waals surface area (Å²) in [4.78, 5) is 29.7. The van der Waals surface area contributed by atoms with Gasteiger partial charge >= 0.3 is 12.1 Å². The molecule has 1 heterocycles. The first kappa shape index (κ1) is 17.6. The number of carbonyl (C=O) groups excluding carboxylic acids is 2. The van der Waals surface area contributed by atoms with Crippen molar-refractivity contribution in [1.29, 1.82) is 0 Å². The maximum Gasteiger partial charge on any atom is 0.321 e. The van der Waals surface area contributed by atoms with Gasteiger partial charge < -0.3 is 20.4 Å². The van der Waals surface area contributed by atoms with Crippen LogP contribution >= 0.6 is 23.5 Å². The van der Waals surface area contributed by atoms with Gasteiger partial charge in [-0.3, -0.25) is 0 Å². The largest absolute Gasteiger partial charge is 0.321 e. The van der Waals surface area contributed by atoms with Gasteiger partial charge in [0.2, 0.25) is 0 Å².